The maximum atomic E-state index is 12.5. The van der Waals surface area contributed by atoms with Gasteiger partial charge in [-0.3, -0.25) is 4.79 Å². The second kappa shape index (κ2) is 7.38. The molecule has 0 aliphatic carbocycles. The predicted octanol–water partition coefficient (Wildman–Crippen LogP) is 3.93. The average Bonchev–Trinajstić information content (AvgIpc) is 3.10. The third-order valence-electron chi connectivity index (χ3n) is 3.80. The van der Waals surface area contributed by atoms with Gasteiger partial charge in [-0.1, -0.05) is 17.7 Å². The number of fused-ring (bicyclic) bond motifs is 1. The van der Waals surface area contributed by atoms with Crippen LogP contribution < -0.4 is 19.5 Å². The summed E-state index contributed by atoms with van der Waals surface area (Å²) in [6.45, 7) is 1.97. The number of halogens is 1. The van der Waals surface area contributed by atoms with Crippen molar-refractivity contribution in [2.24, 2.45) is 0 Å². The number of nitriles is 1. The Morgan fingerprint density at radius 1 is 1.31 bits per heavy atom. The van der Waals surface area contributed by atoms with Crippen LogP contribution in [0.25, 0.3) is 6.08 Å². The summed E-state index contributed by atoms with van der Waals surface area (Å²) >= 11 is 6.07. The summed E-state index contributed by atoms with van der Waals surface area (Å²) in [4.78, 5) is 12.5. The van der Waals surface area contributed by atoms with Crippen molar-refractivity contribution in [2.45, 2.75) is 6.92 Å². The van der Waals surface area contributed by atoms with E-state index in [1.54, 1.807) is 30.3 Å². The molecule has 0 saturated heterocycles. The van der Waals surface area contributed by atoms with Gasteiger partial charge in [-0.05, 0) is 42.3 Å². The minimum Gasteiger partial charge on any atom is -0.495 e. The van der Waals surface area contributed by atoms with Gasteiger partial charge >= 0.3 is 0 Å². The first-order chi connectivity index (χ1) is 12.5. The highest BCUT2D eigenvalue weighted by atomic mass is 35.5. The lowest BCUT2D eigenvalue weighted by Crippen LogP contribution is -2.14. The smallest absolute Gasteiger partial charge is 0.266 e. The zero-order chi connectivity index (χ0) is 18.7. The highest BCUT2D eigenvalue weighted by molar-refractivity contribution is 6.31. The number of benzene rings is 2. The lowest BCUT2D eigenvalue weighted by Gasteiger charge is -2.12. The third-order valence-corrected chi connectivity index (χ3v) is 4.21. The Labute approximate surface area is 155 Å². The van der Waals surface area contributed by atoms with E-state index in [1.165, 1.54) is 13.2 Å². The predicted molar refractivity (Wildman–Crippen MR) is 97.5 cm³/mol. The normalized spacial score (nSPS) is 12.5. The number of nitrogens with one attached hydrogen (secondary N) is 1. The lowest BCUT2D eigenvalue weighted by molar-refractivity contribution is -0.112. The van der Waals surface area contributed by atoms with Gasteiger partial charge in [0.15, 0.2) is 11.5 Å². The van der Waals surface area contributed by atoms with Crippen LogP contribution in [0.5, 0.6) is 17.2 Å². The molecule has 0 aromatic heterocycles. The summed E-state index contributed by atoms with van der Waals surface area (Å²) in [7, 11) is 1.48. The first-order valence-corrected chi connectivity index (χ1v) is 8.06. The fourth-order valence-electron chi connectivity index (χ4n) is 2.44. The Kier molecular flexibility index (Phi) is 5.01. The molecule has 0 saturated carbocycles. The van der Waals surface area contributed by atoms with Crippen LogP contribution in [0.2, 0.25) is 5.02 Å². The minimum atomic E-state index is -0.551. The van der Waals surface area contributed by atoms with E-state index in [0.29, 0.717) is 33.5 Å². The van der Waals surface area contributed by atoms with Crippen molar-refractivity contribution in [3.8, 4) is 23.3 Å². The van der Waals surface area contributed by atoms with Gasteiger partial charge in [-0.2, -0.15) is 5.26 Å². The molecule has 3 rings (SSSR count). The number of carbonyl (C=O) groups excluding carboxylic acids is 1. The van der Waals surface area contributed by atoms with E-state index in [4.69, 9.17) is 25.8 Å². The van der Waals surface area contributed by atoms with Crippen molar-refractivity contribution < 1.29 is 19.0 Å². The number of anilines is 1. The Morgan fingerprint density at radius 2 is 2.08 bits per heavy atom. The van der Waals surface area contributed by atoms with Gasteiger partial charge in [0.05, 0.1) is 12.8 Å². The average molecular weight is 371 g/mol. The standard InChI is InChI=1S/C19H15ClN2O4/c1-11-5-15(17(24-2)8-14(11)20)22-19(23)13(9-21)6-12-3-4-16-18(7-12)26-10-25-16/h3-8H,10H2,1-2H3,(H,22,23)/b13-6+. The molecule has 1 aliphatic heterocycles. The molecule has 2 aromatic carbocycles. The Morgan fingerprint density at radius 3 is 2.81 bits per heavy atom. The first-order valence-electron chi connectivity index (χ1n) is 7.68. The summed E-state index contributed by atoms with van der Waals surface area (Å²) in [6, 6.07) is 10.4. The molecule has 1 amide bonds. The number of nitrogens with zero attached hydrogens (tertiary/aromatic N) is 1. The summed E-state index contributed by atoms with van der Waals surface area (Å²) in [5.74, 6) is 1.07. The molecule has 1 N–H and O–H groups in total. The van der Waals surface area contributed by atoms with Crippen LogP contribution in [0.3, 0.4) is 0 Å². The topological polar surface area (TPSA) is 80.6 Å². The van der Waals surface area contributed by atoms with Gasteiger partial charge in [0.25, 0.3) is 5.91 Å². The molecule has 132 valence electrons. The van der Waals surface area contributed by atoms with Crippen molar-refractivity contribution >= 4 is 29.3 Å². The highest BCUT2D eigenvalue weighted by Crippen LogP contribution is 2.33. The number of methoxy groups -OCH3 is 1. The van der Waals surface area contributed by atoms with Crippen LogP contribution in [0.15, 0.2) is 35.9 Å². The third kappa shape index (κ3) is 3.58. The number of rotatable bonds is 4. The molecule has 0 bridgehead atoms. The van der Waals surface area contributed by atoms with Gasteiger partial charge in [0.1, 0.15) is 17.4 Å². The number of aryl methyl sites for hydroxylation is 1. The lowest BCUT2D eigenvalue weighted by atomic mass is 10.1. The molecule has 0 atom stereocenters. The SMILES string of the molecule is COc1cc(Cl)c(C)cc1NC(=O)/C(C#N)=C/c1ccc2c(c1)OCO2. The van der Waals surface area contributed by atoms with Crippen molar-refractivity contribution in [1.82, 2.24) is 0 Å². The van der Waals surface area contributed by atoms with Crippen molar-refractivity contribution in [2.75, 3.05) is 19.2 Å². The molecule has 0 radical (unpaired) electrons. The van der Waals surface area contributed by atoms with Crippen LogP contribution in [0, 0.1) is 18.3 Å². The van der Waals surface area contributed by atoms with Crippen LogP contribution >= 0.6 is 11.6 Å². The van der Waals surface area contributed by atoms with Gasteiger partial charge in [0, 0.05) is 11.1 Å². The number of amides is 1. The zero-order valence-corrected chi connectivity index (χ0v) is 14.9. The summed E-state index contributed by atoms with van der Waals surface area (Å²) in [5.41, 5.74) is 1.81. The molecule has 1 heterocycles. The van der Waals surface area contributed by atoms with Gasteiger partial charge in [-0.15, -0.1) is 0 Å². The molecule has 0 unspecified atom stereocenters. The van der Waals surface area contributed by atoms with Crippen LogP contribution in [-0.4, -0.2) is 19.8 Å². The monoisotopic (exact) mass is 370 g/mol. The summed E-state index contributed by atoms with van der Waals surface area (Å²) in [5, 5.41) is 12.6. The Hall–Kier alpha value is -3.17. The molecule has 1 aliphatic rings. The van der Waals surface area contributed by atoms with E-state index >= 15 is 0 Å². The second-order valence-corrected chi connectivity index (χ2v) is 5.95. The summed E-state index contributed by atoms with van der Waals surface area (Å²) in [6.07, 6.45) is 1.48. The number of hydrogen-bond acceptors (Lipinski definition) is 5. The maximum Gasteiger partial charge on any atom is 0.266 e. The van der Waals surface area contributed by atoms with E-state index in [1.807, 2.05) is 13.0 Å². The fourth-order valence-corrected chi connectivity index (χ4v) is 2.59. The quantitative estimate of drug-likeness (QED) is 0.651. The first kappa shape index (κ1) is 17.6. The Balaban J connectivity index is 1.86. The molecule has 26 heavy (non-hydrogen) atoms. The zero-order valence-electron chi connectivity index (χ0n) is 14.1. The molecular formula is C19H15ClN2O4. The molecule has 2 aromatic rings. The number of carbonyl (C=O) groups is 1. The van der Waals surface area contributed by atoms with Crippen LogP contribution in [0.1, 0.15) is 11.1 Å². The van der Waals surface area contributed by atoms with E-state index in [9.17, 15) is 10.1 Å². The van der Waals surface area contributed by atoms with Gasteiger partial charge < -0.3 is 19.5 Å². The highest BCUT2D eigenvalue weighted by Gasteiger charge is 2.16. The molecule has 6 nitrogen and oxygen atoms in total. The van der Waals surface area contributed by atoms with Gasteiger partial charge in [-0.25, -0.2) is 0 Å². The number of hydrogen-bond donors (Lipinski definition) is 1. The van der Waals surface area contributed by atoms with Crippen LogP contribution in [0.4, 0.5) is 5.69 Å². The summed E-state index contributed by atoms with van der Waals surface area (Å²) < 4.78 is 15.8. The molecule has 7 heteroatoms. The Bertz CT molecular complexity index is 947. The maximum absolute atomic E-state index is 12.5. The molecular weight excluding hydrogens is 356 g/mol. The fraction of sp³-hybridized carbons (Fsp3) is 0.158. The largest absolute Gasteiger partial charge is 0.495 e. The van der Waals surface area contributed by atoms with Gasteiger partial charge in [0.2, 0.25) is 6.79 Å². The van der Waals surface area contributed by atoms with Crippen molar-refractivity contribution in [1.29, 1.82) is 5.26 Å². The molecule has 0 fully saturated rings. The van der Waals surface area contributed by atoms with E-state index in [0.717, 1.165) is 5.56 Å². The second-order valence-electron chi connectivity index (χ2n) is 5.54. The van der Waals surface area contributed by atoms with E-state index in [-0.39, 0.29) is 12.4 Å². The van der Waals surface area contributed by atoms with E-state index < -0.39 is 5.91 Å². The van der Waals surface area contributed by atoms with Crippen molar-refractivity contribution in [3.05, 3.63) is 52.1 Å². The van der Waals surface area contributed by atoms with E-state index in [2.05, 4.69) is 5.32 Å². The molecule has 0 spiro atoms. The van der Waals surface area contributed by atoms with Crippen LogP contribution in [-0.2, 0) is 4.79 Å². The minimum absolute atomic E-state index is 0.0569. The van der Waals surface area contributed by atoms with Crippen molar-refractivity contribution in [3.63, 3.8) is 0 Å². The number of ether oxygens (including phenoxy) is 3.